The number of nitrogens with one attached hydrogen (secondary N) is 3. The Morgan fingerprint density at radius 3 is 2.65 bits per heavy atom. The van der Waals surface area contributed by atoms with Crippen molar-refractivity contribution >= 4 is 34.9 Å². The van der Waals surface area contributed by atoms with Crippen molar-refractivity contribution in [1.82, 2.24) is 13.9 Å². The van der Waals surface area contributed by atoms with E-state index in [1.807, 2.05) is 6.07 Å². The SMILES string of the molecule is CCn1c(=O)n(C(=N)OC(=N)C(F)F)c2cc(SNC3(C)CC3)ccc21. The number of nitrogens with zero attached hydrogens (tertiary/aromatic N) is 2. The van der Waals surface area contributed by atoms with E-state index in [-0.39, 0.29) is 5.54 Å². The highest BCUT2D eigenvalue weighted by Gasteiger charge is 2.37. The Balaban J connectivity index is 1.99. The molecule has 1 heterocycles. The number of aryl methyl sites for hydroxylation is 1. The summed E-state index contributed by atoms with van der Waals surface area (Å²) in [5, 5.41) is 15.0. The maximum absolute atomic E-state index is 12.6. The third kappa shape index (κ3) is 3.51. The van der Waals surface area contributed by atoms with Crippen molar-refractivity contribution in [2.75, 3.05) is 0 Å². The van der Waals surface area contributed by atoms with Crippen molar-refractivity contribution in [3.8, 4) is 0 Å². The van der Waals surface area contributed by atoms with Gasteiger partial charge in [0.25, 0.3) is 5.90 Å². The Hall–Kier alpha value is -2.20. The van der Waals surface area contributed by atoms with Crippen LogP contribution < -0.4 is 10.4 Å². The minimum absolute atomic E-state index is 0.108. The van der Waals surface area contributed by atoms with E-state index in [0.717, 1.165) is 22.3 Å². The molecule has 0 aliphatic heterocycles. The van der Waals surface area contributed by atoms with Gasteiger partial charge >= 0.3 is 18.1 Å². The van der Waals surface area contributed by atoms with E-state index in [4.69, 9.17) is 10.8 Å². The fourth-order valence-electron chi connectivity index (χ4n) is 2.47. The molecule has 10 heteroatoms. The molecule has 140 valence electrons. The third-order valence-corrected chi connectivity index (χ3v) is 5.32. The number of hydrogen-bond donors (Lipinski definition) is 3. The predicted molar refractivity (Wildman–Crippen MR) is 96.4 cm³/mol. The van der Waals surface area contributed by atoms with Gasteiger partial charge in [0.15, 0.2) is 0 Å². The molecule has 1 aliphatic rings. The van der Waals surface area contributed by atoms with E-state index in [2.05, 4.69) is 16.4 Å². The van der Waals surface area contributed by atoms with E-state index < -0.39 is 24.0 Å². The van der Waals surface area contributed by atoms with Gasteiger partial charge in [0.2, 0.25) is 0 Å². The number of rotatable bonds is 5. The third-order valence-electron chi connectivity index (χ3n) is 4.24. The molecule has 7 nitrogen and oxygen atoms in total. The molecule has 1 aromatic heterocycles. The van der Waals surface area contributed by atoms with Crippen molar-refractivity contribution in [2.45, 2.75) is 50.1 Å². The van der Waals surface area contributed by atoms with Gasteiger partial charge in [-0.25, -0.2) is 9.36 Å². The lowest BCUT2D eigenvalue weighted by Gasteiger charge is -2.11. The van der Waals surface area contributed by atoms with Crippen LogP contribution >= 0.6 is 11.9 Å². The molecule has 3 N–H and O–H groups in total. The number of aromatic nitrogens is 2. The second kappa shape index (κ2) is 6.84. The zero-order valence-corrected chi connectivity index (χ0v) is 15.1. The van der Waals surface area contributed by atoms with Gasteiger partial charge in [-0.15, -0.1) is 0 Å². The van der Waals surface area contributed by atoms with Crippen LogP contribution in [-0.4, -0.2) is 33.0 Å². The second-order valence-corrected chi connectivity index (χ2v) is 7.23. The molecule has 0 atom stereocenters. The van der Waals surface area contributed by atoms with Crippen LogP contribution in [0.1, 0.15) is 26.7 Å². The molecule has 3 rings (SSSR count). The molecule has 1 saturated carbocycles. The minimum Gasteiger partial charge on any atom is -0.405 e. The van der Waals surface area contributed by atoms with Crippen molar-refractivity contribution in [3.05, 3.63) is 28.7 Å². The van der Waals surface area contributed by atoms with Crippen LogP contribution in [0.15, 0.2) is 27.9 Å². The lowest BCUT2D eigenvalue weighted by atomic mass is 10.3. The molecular weight excluding hydrogens is 364 g/mol. The van der Waals surface area contributed by atoms with Crippen molar-refractivity contribution in [2.24, 2.45) is 0 Å². The van der Waals surface area contributed by atoms with Crippen molar-refractivity contribution < 1.29 is 13.5 Å². The van der Waals surface area contributed by atoms with Gasteiger partial charge in [0.05, 0.1) is 11.0 Å². The zero-order chi connectivity index (χ0) is 19.1. The molecule has 0 saturated heterocycles. The van der Waals surface area contributed by atoms with Crippen molar-refractivity contribution in [3.63, 3.8) is 0 Å². The quantitative estimate of drug-likeness (QED) is 0.420. The summed E-state index contributed by atoms with van der Waals surface area (Å²) >= 11 is 1.42. The largest absolute Gasteiger partial charge is 0.405 e. The first-order valence-corrected chi connectivity index (χ1v) is 8.90. The fourth-order valence-corrected chi connectivity index (χ4v) is 3.34. The number of halogens is 2. The molecule has 2 aromatic rings. The predicted octanol–water partition coefficient (Wildman–Crippen LogP) is 3.01. The highest BCUT2D eigenvalue weighted by atomic mass is 32.2. The zero-order valence-electron chi connectivity index (χ0n) is 14.3. The minimum atomic E-state index is -3.15. The number of ether oxygens (including phenoxy) is 1. The summed E-state index contributed by atoms with van der Waals surface area (Å²) in [5.74, 6) is -1.37. The second-order valence-electron chi connectivity index (χ2n) is 6.35. The number of benzene rings is 1. The van der Waals surface area contributed by atoms with Crippen LogP contribution in [0.25, 0.3) is 11.0 Å². The van der Waals surface area contributed by atoms with E-state index in [1.54, 1.807) is 19.1 Å². The van der Waals surface area contributed by atoms with E-state index in [1.165, 1.54) is 16.5 Å². The van der Waals surface area contributed by atoms with Gasteiger partial charge in [-0.05, 0) is 56.8 Å². The lowest BCUT2D eigenvalue weighted by molar-refractivity contribution is 0.196. The standard InChI is InChI=1S/C16H19F2N5O2S/c1-3-22-10-5-4-9(26-21-16(2)6-7-16)8-11(10)23(15(22)24)14(20)25-13(19)12(17)18/h4-5,8,12,19-21H,3,6-7H2,1-2H3. The number of imidazole rings is 1. The van der Waals surface area contributed by atoms with Crippen LogP contribution in [0.3, 0.4) is 0 Å². The summed E-state index contributed by atoms with van der Waals surface area (Å²) in [4.78, 5) is 13.4. The van der Waals surface area contributed by atoms with Gasteiger partial charge in [-0.3, -0.25) is 20.1 Å². The maximum atomic E-state index is 12.6. The van der Waals surface area contributed by atoms with E-state index in [0.29, 0.717) is 17.6 Å². The average Bonchev–Trinajstić information content (AvgIpc) is 3.25. The molecule has 0 radical (unpaired) electrons. The summed E-state index contributed by atoms with van der Waals surface area (Å²) in [5.41, 5.74) is 0.475. The number of fused-ring (bicyclic) bond motifs is 1. The topological polar surface area (TPSA) is 95.9 Å². The number of hydrogen-bond acceptors (Lipinski definition) is 6. The monoisotopic (exact) mass is 383 g/mol. The normalized spacial score (nSPS) is 15.4. The van der Waals surface area contributed by atoms with Crippen LogP contribution in [0.2, 0.25) is 0 Å². The first-order valence-electron chi connectivity index (χ1n) is 8.08. The van der Waals surface area contributed by atoms with Crippen LogP contribution in [0.4, 0.5) is 8.78 Å². The molecule has 0 spiro atoms. The summed E-state index contributed by atoms with van der Waals surface area (Å²) in [6.45, 7) is 4.24. The molecule has 26 heavy (non-hydrogen) atoms. The molecule has 1 aromatic carbocycles. The Kier molecular flexibility index (Phi) is 4.89. The lowest BCUT2D eigenvalue weighted by Crippen LogP contribution is -2.32. The highest BCUT2D eigenvalue weighted by Crippen LogP contribution is 2.37. The highest BCUT2D eigenvalue weighted by molar-refractivity contribution is 7.97. The van der Waals surface area contributed by atoms with E-state index in [9.17, 15) is 13.6 Å². The van der Waals surface area contributed by atoms with Crippen molar-refractivity contribution in [1.29, 1.82) is 10.8 Å². The molecular formula is C16H19F2N5O2S. The van der Waals surface area contributed by atoms with Crippen LogP contribution in [0.5, 0.6) is 0 Å². The smallest absolute Gasteiger partial charge is 0.337 e. The molecule has 0 amide bonds. The summed E-state index contributed by atoms with van der Waals surface area (Å²) in [7, 11) is 0. The molecule has 1 fully saturated rings. The molecule has 0 unspecified atom stereocenters. The first-order chi connectivity index (χ1) is 12.3. The molecule has 0 bridgehead atoms. The Morgan fingerprint density at radius 1 is 1.38 bits per heavy atom. The van der Waals surface area contributed by atoms with Gasteiger partial charge < -0.3 is 4.74 Å². The maximum Gasteiger partial charge on any atom is 0.337 e. The van der Waals surface area contributed by atoms with Crippen LogP contribution in [0, 0.1) is 10.8 Å². The Morgan fingerprint density at radius 2 is 2.08 bits per heavy atom. The van der Waals surface area contributed by atoms with E-state index >= 15 is 0 Å². The summed E-state index contributed by atoms with van der Waals surface area (Å²) in [6, 6.07) is 4.49. The average molecular weight is 383 g/mol. The van der Waals surface area contributed by atoms with Gasteiger partial charge in [-0.1, -0.05) is 0 Å². The van der Waals surface area contributed by atoms with Gasteiger partial charge in [0, 0.05) is 17.0 Å². The molecule has 1 aliphatic carbocycles. The van der Waals surface area contributed by atoms with Gasteiger partial charge in [-0.2, -0.15) is 8.78 Å². The summed E-state index contributed by atoms with van der Waals surface area (Å²) in [6.07, 6.45) is -0.971. The Labute approximate surface area is 152 Å². The summed E-state index contributed by atoms with van der Waals surface area (Å²) < 4.78 is 35.3. The number of alkyl halides is 2. The van der Waals surface area contributed by atoms with Gasteiger partial charge in [0.1, 0.15) is 0 Å². The Bertz CT molecular complexity index is 933. The fraction of sp³-hybridized carbons (Fsp3) is 0.438. The van der Waals surface area contributed by atoms with Crippen LogP contribution in [-0.2, 0) is 11.3 Å². The first kappa shape index (κ1) is 18.6.